The molecule has 0 aromatic heterocycles. The van der Waals surface area contributed by atoms with Crippen LogP contribution in [0.15, 0.2) is 30.3 Å². The summed E-state index contributed by atoms with van der Waals surface area (Å²) in [5.74, 6) is -0.834. The fraction of sp³-hybridized carbons (Fsp3) is 0.143. The smallest absolute Gasteiger partial charge is 0.165 e. The largest absolute Gasteiger partial charge is 0.494 e. The minimum absolute atomic E-state index is 0.124. The fourth-order valence-electron chi connectivity index (χ4n) is 1.74. The van der Waals surface area contributed by atoms with Crippen LogP contribution in [0.3, 0.4) is 0 Å². The van der Waals surface area contributed by atoms with Crippen molar-refractivity contribution in [3.63, 3.8) is 0 Å². The van der Waals surface area contributed by atoms with Crippen molar-refractivity contribution in [2.24, 2.45) is 0 Å². The molecule has 2 aromatic rings. The highest BCUT2D eigenvalue weighted by Crippen LogP contribution is 2.30. The molecule has 0 aliphatic heterocycles. The van der Waals surface area contributed by atoms with Crippen molar-refractivity contribution in [2.75, 3.05) is 12.8 Å². The average molecular weight is 249 g/mol. The zero-order valence-electron chi connectivity index (χ0n) is 10.1. The lowest BCUT2D eigenvalue weighted by Crippen LogP contribution is -1.95. The predicted octanol–water partition coefficient (Wildman–Crippen LogP) is 3.53. The maximum absolute atomic E-state index is 13.8. The molecule has 2 N–H and O–H groups in total. The maximum atomic E-state index is 13.8. The molecule has 0 spiro atoms. The average Bonchev–Trinajstić information content (AvgIpc) is 2.33. The highest BCUT2D eigenvalue weighted by Gasteiger charge is 2.10. The van der Waals surface area contributed by atoms with Gasteiger partial charge in [0.2, 0.25) is 0 Å². The van der Waals surface area contributed by atoms with Gasteiger partial charge in [-0.05, 0) is 42.3 Å². The second-order valence-electron chi connectivity index (χ2n) is 4.04. The molecule has 0 bridgehead atoms. The van der Waals surface area contributed by atoms with E-state index in [1.165, 1.54) is 31.4 Å². The summed E-state index contributed by atoms with van der Waals surface area (Å²) in [5.41, 5.74) is 7.57. The van der Waals surface area contributed by atoms with Crippen molar-refractivity contribution in [1.29, 1.82) is 0 Å². The van der Waals surface area contributed by atoms with Crippen LogP contribution in [0.1, 0.15) is 5.56 Å². The van der Waals surface area contributed by atoms with Crippen molar-refractivity contribution in [3.8, 4) is 16.9 Å². The Labute approximate surface area is 104 Å². The summed E-state index contributed by atoms with van der Waals surface area (Å²) in [5, 5.41) is 0. The van der Waals surface area contributed by atoms with Gasteiger partial charge in [-0.15, -0.1) is 0 Å². The van der Waals surface area contributed by atoms with Crippen LogP contribution >= 0.6 is 0 Å². The van der Waals surface area contributed by atoms with E-state index in [1.807, 2.05) is 0 Å². The van der Waals surface area contributed by atoms with E-state index in [1.54, 1.807) is 13.0 Å². The highest BCUT2D eigenvalue weighted by atomic mass is 19.1. The van der Waals surface area contributed by atoms with Crippen LogP contribution in [0.2, 0.25) is 0 Å². The van der Waals surface area contributed by atoms with Gasteiger partial charge >= 0.3 is 0 Å². The lowest BCUT2D eigenvalue weighted by atomic mass is 10.0. The van der Waals surface area contributed by atoms with E-state index >= 15 is 0 Å². The van der Waals surface area contributed by atoms with Crippen LogP contribution < -0.4 is 10.5 Å². The van der Waals surface area contributed by atoms with Gasteiger partial charge in [0, 0.05) is 11.3 Å². The molecule has 0 saturated heterocycles. The Kier molecular flexibility index (Phi) is 3.19. The van der Waals surface area contributed by atoms with Crippen LogP contribution in [0.5, 0.6) is 5.75 Å². The number of ether oxygens (including phenoxy) is 1. The second kappa shape index (κ2) is 4.64. The molecule has 2 nitrogen and oxygen atoms in total. The maximum Gasteiger partial charge on any atom is 0.165 e. The lowest BCUT2D eigenvalue weighted by molar-refractivity contribution is 0.386. The molecule has 0 radical (unpaired) electrons. The zero-order chi connectivity index (χ0) is 13.3. The Bertz CT molecular complexity index is 597. The molecule has 2 aromatic carbocycles. The Hall–Kier alpha value is -2.10. The standard InChI is InChI=1S/C14H13F2NO/c1-8-5-11(15)10(7-13(8)17)9-3-4-14(18-2)12(16)6-9/h3-7H,17H2,1-2H3. The molecular weight excluding hydrogens is 236 g/mol. The summed E-state index contributed by atoms with van der Waals surface area (Å²) >= 11 is 0. The Balaban J connectivity index is 2.55. The number of anilines is 1. The number of nitrogen functional groups attached to an aromatic ring is 1. The monoisotopic (exact) mass is 249 g/mol. The molecule has 0 saturated carbocycles. The van der Waals surface area contributed by atoms with Gasteiger partial charge in [0.1, 0.15) is 5.82 Å². The zero-order valence-corrected chi connectivity index (χ0v) is 10.1. The van der Waals surface area contributed by atoms with Gasteiger partial charge in [0.15, 0.2) is 11.6 Å². The number of methoxy groups -OCH3 is 1. The molecule has 2 rings (SSSR count). The quantitative estimate of drug-likeness (QED) is 0.826. The van der Waals surface area contributed by atoms with Crippen molar-refractivity contribution in [2.45, 2.75) is 6.92 Å². The van der Waals surface area contributed by atoms with Gasteiger partial charge in [-0.1, -0.05) is 6.07 Å². The minimum Gasteiger partial charge on any atom is -0.494 e. The van der Waals surface area contributed by atoms with E-state index in [0.29, 0.717) is 16.8 Å². The molecule has 0 atom stereocenters. The first-order valence-electron chi connectivity index (χ1n) is 5.42. The number of hydrogen-bond acceptors (Lipinski definition) is 2. The second-order valence-corrected chi connectivity index (χ2v) is 4.04. The number of benzene rings is 2. The first-order valence-corrected chi connectivity index (χ1v) is 5.42. The summed E-state index contributed by atoms with van der Waals surface area (Å²) in [7, 11) is 1.38. The molecular formula is C14H13F2NO. The third kappa shape index (κ3) is 2.14. The molecule has 0 aliphatic rings. The van der Waals surface area contributed by atoms with Crippen LogP contribution in [-0.4, -0.2) is 7.11 Å². The van der Waals surface area contributed by atoms with E-state index in [-0.39, 0.29) is 11.3 Å². The molecule has 0 aliphatic carbocycles. The van der Waals surface area contributed by atoms with E-state index in [4.69, 9.17) is 10.5 Å². The molecule has 18 heavy (non-hydrogen) atoms. The number of halogens is 2. The van der Waals surface area contributed by atoms with Crippen LogP contribution in [0, 0.1) is 18.6 Å². The highest BCUT2D eigenvalue weighted by molar-refractivity contribution is 5.70. The van der Waals surface area contributed by atoms with Crippen molar-refractivity contribution < 1.29 is 13.5 Å². The molecule has 0 heterocycles. The number of aryl methyl sites for hydroxylation is 1. The van der Waals surface area contributed by atoms with Gasteiger partial charge in [-0.2, -0.15) is 0 Å². The summed E-state index contributed by atoms with van der Waals surface area (Å²) in [6.45, 7) is 1.72. The Morgan fingerprint density at radius 2 is 1.78 bits per heavy atom. The summed E-state index contributed by atoms with van der Waals surface area (Å²) in [4.78, 5) is 0. The molecule has 0 amide bonds. The van der Waals surface area contributed by atoms with Gasteiger partial charge in [-0.3, -0.25) is 0 Å². The molecule has 94 valence electrons. The lowest BCUT2D eigenvalue weighted by Gasteiger charge is -2.09. The van der Waals surface area contributed by atoms with Crippen LogP contribution in [0.4, 0.5) is 14.5 Å². The van der Waals surface area contributed by atoms with Crippen LogP contribution in [0.25, 0.3) is 11.1 Å². The molecule has 0 unspecified atom stereocenters. The third-order valence-corrected chi connectivity index (χ3v) is 2.82. The van der Waals surface area contributed by atoms with Crippen molar-refractivity contribution in [1.82, 2.24) is 0 Å². The van der Waals surface area contributed by atoms with Gasteiger partial charge in [0.05, 0.1) is 7.11 Å². The van der Waals surface area contributed by atoms with E-state index in [0.717, 1.165) is 0 Å². The van der Waals surface area contributed by atoms with Gasteiger partial charge < -0.3 is 10.5 Å². The molecule has 4 heteroatoms. The fourth-order valence-corrected chi connectivity index (χ4v) is 1.74. The van der Waals surface area contributed by atoms with Gasteiger partial charge in [-0.25, -0.2) is 8.78 Å². The summed E-state index contributed by atoms with van der Waals surface area (Å²) in [6.07, 6.45) is 0. The first-order chi connectivity index (χ1) is 8.52. The Morgan fingerprint density at radius 1 is 1.06 bits per heavy atom. The third-order valence-electron chi connectivity index (χ3n) is 2.82. The normalized spacial score (nSPS) is 10.4. The predicted molar refractivity (Wildman–Crippen MR) is 67.5 cm³/mol. The SMILES string of the molecule is COc1ccc(-c2cc(N)c(C)cc2F)cc1F. The number of hydrogen-bond donors (Lipinski definition) is 1. The number of rotatable bonds is 2. The molecule has 0 fully saturated rings. The van der Waals surface area contributed by atoms with Gasteiger partial charge in [0.25, 0.3) is 0 Å². The number of nitrogens with two attached hydrogens (primary N) is 1. The van der Waals surface area contributed by atoms with E-state index in [2.05, 4.69) is 0 Å². The minimum atomic E-state index is -0.534. The summed E-state index contributed by atoms with van der Waals surface area (Å²) in [6, 6.07) is 7.12. The first kappa shape index (κ1) is 12.4. The van der Waals surface area contributed by atoms with Crippen LogP contribution in [-0.2, 0) is 0 Å². The van der Waals surface area contributed by atoms with E-state index < -0.39 is 11.6 Å². The topological polar surface area (TPSA) is 35.2 Å². The van der Waals surface area contributed by atoms with E-state index in [9.17, 15) is 8.78 Å². The Morgan fingerprint density at radius 3 is 2.39 bits per heavy atom. The van der Waals surface area contributed by atoms with Crippen molar-refractivity contribution >= 4 is 5.69 Å². The van der Waals surface area contributed by atoms with Crippen molar-refractivity contribution in [3.05, 3.63) is 47.5 Å². The summed E-state index contributed by atoms with van der Waals surface area (Å²) < 4.78 is 32.2.